The number of nitrogen functional groups attached to an aromatic ring is 1. The van der Waals surface area contributed by atoms with Crippen LogP contribution in [-0.2, 0) is 4.79 Å². The van der Waals surface area contributed by atoms with E-state index >= 15 is 0 Å². The van der Waals surface area contributed by atoms with Gasteiger partial charge in [0.15, 0.2) is 5.43 Å². The first-order chi connectivity index (χ1) is 17.6. The van der Waals surface area contributed by atoms with Gasteiger partial charge in [0.25, 0.3) is 11.6 Å². The second-order valence-corrected chi connectivity index (χ2v) is 9.21. The number of ketones is 1. The Morgan fingerprint density at radius 2 is 1.81 bits per heavy atom. The predicted octanol–water partition coefficient (Wildman–Crippen LogP) is 4.20. The molecule has 0 bridgehead atoms. The second kappa shape index (κ2) is 9.05. The zero-order chi connectivity index (χ0) is 26.4. The van der Waals surface area contributed by atoms with E-state index < -0.39 is 16.5 Å². The minimum atomic E-state index is -0.643. The first-order valence-electron chi connectivity index (χ1n) is 11.7. The summed E-state index contributed by atoms with van der Waals surface area (Å²) in [5.74, 6) is -0.322. The molecule has 3 N–H and O–H groups in total. The fourth-order valence-electron chi connectivity index (χ4n) is 4.96. The Hall–Kier alpha value is -4.73. The van der Waals surface area contributed by atoms with Gasteiger partial charge in [-0.1, -0.05) is 0 Å². The van der Waals surface area contributed by atoms with Crippen molar-refractivity contribution in [2.75, 3.05) is 18.8 Å². The van der Waals surface area contributed by atoms with E-state index in [1.165, 1.54) is 43.3 Å². The Labute approximate surface area is 210 Å². The molecule has 0 aromatic heterocycles. The molecule has 1 saturated heterocycles. The highest BCUT2D eigenvalue weighted by molar-refractivity contribution is 6.10. The third kappa shape index (κ3) is 4.26. The number of nitrogens with zero attached hydrogens (tertiary/aromatic N) is 2. The molecular formula is C27H23N3O7. The van der Waals surface area contributed by atoms with Crippen LogP contribution in [0.5, 0.6) is 5.75 Å². The molecule has 1 amide bonds. The third-order valence-corrected chi connectivity index (χ3v) is 6.90. The van der Waals surface area contributed by atoms with Crippen LogP contribution in [-0.4, -0.2) is 39.7 Å². The minimum absolute atomic E-state index is 0.0623. The number of nitro benzene ring substituents is 1. The molecule has 10 nitrogen and oxygen atoms in total. The molecule has 2 aliphatic heterocycles. The van der Waals surface area contributed by atoms with Crippen LogP contribution in [0.15, 0.2) is 57.7 Å². The van der Waals surface area contributed by atoms with Gasteiger partial charge in [0.05, 0.1) is 10.5 Å². The van der Waals surface area contributed by atoms with Crippen LogP contribution in [0.2, 0.25) is 0 Å². The normalized spacial score (nSPS) is 14.2. The van der Waals surface area contributed by atoms with Gasteiger partial charge in [0.2, 0.25) is 0 Å². The Kier molecular flexibility index (Phi) is 5.87. The van der Waals surface area contributed by atoms with Crippen molar-refractivity contribution in [1.29, 1.82) is 0 Å². The summed E-state index contributed by atoms with van der Waals surface area (Å²) in [5.41, 5.74) is 6.88. The Morgan fingerprint density at radius 3 is 2.49 bits per heavy atom. The average molecular weight is 501 g/mol. The number of phenolic OH excluding ortho intramolecular Hbond substituents is 1. The number of anilines is 1. The summed E-state index contributed by atoms with van der Waals surface area (Å²) in [5, 5.41) is 22.3. The molecule has 0 radical (unpaired) electrons. The monoisotopic (exact) mass is 501 g/mol. The van der Waals surface area contributed by atoms with Crippen molar-refractivity contribution in [1.82, 2.24) is 4.90 Å². The van der Waals surface area contributed by atoms with E-state index in [0.717, 1.165) is 0 Å². The fourth-order valence-corrected chi connectivity index (χ4v) is 4.96. The van der Waals surface area contributed by atoms with Crippen LogP contribution in [0.4, 0.5) is 11.4 Å². The van der Waals surface area contributed by atoms with Gasteiger partial charge in [-0.15, -0.1) is 0 Å². The molecule has 0 unspecified atom stereocenters. The first-order valence-corrected chi connectivity index (χ1v) is 11.7. The Balaban J connectivity index is 1.77. The molecule has 0 atom stereocenters. The summed E-state index contributed by atoms with van der Waals surface area (Å²) in [6.45, 7) is 2.20. The molecule has 10 heteroatoms. The maximum Gasteiger partial charge on any atom is 0.292 e. The van der Waals surface area contributed by atoms with E-state index in [1.54, 1.807) is 17.0 Å². The second-order valence-electron chi connectivity index (χ2n) is 9.21. The summed E-state index contributed by atoms with van der Waals surface area (Å²) >= 11 is 0. The van der Waals surface area contributed by atoms with Gasteiger partial charge in [-0.05, 0) is 55.7 Å². The predicted molar refractivity (Wildman–Crippen MR) is 137 cm³/mol. The summed E-state index contributed by atoms with van der Waals surface area (Å²) in [7, 11) is 0. The van der Waals surface area contributed by atoms with Gasteiger partial charge >= 0.3 is 0 Å². The molecule has 37 heavy (non-hydrogen) atoms. The highest BCUT2D eigenvalue weighted by Crippen LogP contribution is 2.44. The zero-order valence-electron chi connectivity index (χ0n) is 19.9. The summed E-state index contributed by atoms with van der Waals surface area (Å²) in [4.78, 5) is 50.3. The lowest BCUT2D eigenvalue weighted by molar-refractivity contribution is -0.383. The molecule has 2 aromatic rings. The van der Waals surface area contributed by atoms with Crippen molar-refractivity contribution in [2.45, 2.75) is 19.8 Å². The number of Topliss-reactive ketones (excluding diaryl/α,β-unsaturated/α-hetero) is 1. The molecular weight excluding hydrogens is 478 g/mol. The van der Waals surface area contributed by atoms with Crippen molar-refractivity contribution >= 4 is 34.0 Å². The van der Waals surface area contributed by atoms with Gasteiger partial charge in [0.1, 0.15) is 28.6 Å². The van der Waals surface area contributed by atoms with Crippen molar-refractivity contribution in [3.8, 4) is 28.2 Å². The lowest BCUT2D eigenvalue weighted by Crippen LogP contribution is -2.40. The number of carbonyl (C=O) groups excluding carboxylic acids is 2. The van der Waals surface area contributed by atoms with Crippen LogP contribution < -0.4 is 11.2 Å². The number of likely N-dealkylation sites (tertiary alicyclic amines) is 1. The lowest BCUT2D eigenvalue weighted by Gasteiger charge is -2.31. The van der Waals surface area contributed by atoms with Crippen molar-refractivity contribution < 1.29 is 24.0 Å². The molecule has 0 spiro atoms. The van der Waals surface area contributed by atoms with Gasteiger partial charge in [-0.25, -0.2) is 0 Å². The minimum Gasteiger partial charge on any atom is -0.508 e. The van der Waals surface area contributed by atoms with Gasteiger partial charge in [-0.3, -0.25) is 24.5 Å². The van der Waals surface area contributed by atoms with Gasteiger partial charge in [0, 0.05) is 53.7 Å². The maximum absolute atomic E-state index is 13.8. The van der Waals surface area contributed by atoms with E-state index in [9.17, 15) is 29.6 Å². The molecule has 3 aliphatic rings. The Bertz CT molecular complexity index is 1620. The third-order valence-electron chi connectivity index (χ3n) is 6.90. The molecule has 1 fully saturated rings. The highest BCUT2D eigenvalue weighted by Gasteiger charge is 2.31. The number of amides is 1. The molecule has 188 valence electrons. The van der Waals surface area contributed by atoms with Crippen molar-refractivity contribution in [2.24, 2.45) is 5.92 Å². The number of rotatable bonds is 4. The standard InChI is InChI=1S/C27H23N3O7/c1-14(31)15-6-8-29(9-7-15)27(34)21-13-23(30(35)36)22(28)12-20(21)26-18-4-2-16(32)10-24(18)37-25-11-17(33)3-5-19(25)26/h2-5,10-13,15,32H,6-9,28H2,1H3. The van der Waals surface area contributed by atoms with E-state index in [1.807, 2.05) is 0 Å². The van der Waals surface area contributed by atoms with Gasteiger partial charge < -0.3 is 20.2 Å². The van der Waals surface area contributed by atoms with Crippen LogP contribution in [0.3, 0.4) is 0 Å². The molecule has 5 rings (SSSR count). The number of aromatic hydroxyl groups is 1. The average Bonchev–Trinajstić information content (AvgIpc) is 2.86. The Morgan fingerprint density at radius 1 is 1.08 bits per heavy atom. The van der Waals surface area contributed by atoms with E-state index in [2.05, 4.69) is 0 Å². The fraction of sp³-hybridized carbons (Fsp3) is 0.222. The largest absolute Gasteiger partial charge is 0.508 e. The quantitative estimate of drug-likeness (QED) is 0.182. The number of fused-ring (bicyclic) bond motifs is 2. The summed E-state index contributed by atoms with van der Waals surface area (Å²) < 4.78 is 5.89. The van der Waals surface area contributed by atoms with Crippen LogP contribution >= 0.6 is 0 Å². The van der Waals surface area contributed by atoms with E-state index in [0.29, 0.717) is 48.0 Å². The van der Waals surface area contributed by atoms with Crippen LogP contribution in [0.25, 0.3) is 33.4 Å². The van der Waals surface area contributed by atoms with Crippen molar-refractivity contribution in [3.05, 3.63) is 74.4 Å². The highest BCUT2D eigenvalue weighted by atomic mass is 16.6. The number of phenols is 1. The topological polar surface area (TPSA) is 157 Å². The maximum atomic E-state index is 13.8. The zero-order valence-corrected chi connectivity index (χ0v) is 19.9. The summed E-state index contributed by atoms with van der Waals surface area (Å²) in [6.07, 6.45) is 1.02. The number of hydrogen-bond acceptors (Lipinski definition) is 8. The first kappa shape index (κ1) is 24.0. The molecule has 2 heterocycles. The number of nitro groups is 1. The van der Waals surface area contributed by atoms with E-state index in [-0.39, 0.29) is 45.5 Å². The summed E-state index contributed by atoms with van der Waals surface area (Å²) in [6, 6.07) is 11.2. The number of piperidine rings is 1. The van der Waals surface area contributed by atoms with E-state index in [4.69, 9.17) is 10.2 Å². The smallest absolute Gasteiger partial charge is 0.292 e. The molecule has 0 saturated carbocycles. The number of hydrogen-bond donors (Lipinski definition) is 2. The van der Waals surface area contributed by atoms with Gasteiger partial charge in [-0.2, -0.15) is 0 Å². The molecule has 1 aliphatic carbocycles. The lowest BCUT2D eigenvalue weighted by atomic mass is 9.88. The number of carbonyl (C=O) groups is 2. The number of nitrogens with two attached hydrogens (primary N) is 1. The van der Waals surface area contributed by atoms with Crippen LogP contribution in [0.1, 0.15) is 30.1 Å². The number of benzene rings is 3. The van der Waals surface area contributed by atoms with Crippen molar-refractivity contribution in [3.63, 3.8) is 0 Å². The molecule has 2 aromatic carbocycles. The SMILES string of the molecule is CC(=O)C1CCN(C(=O)c2cc([N+](=O)[O-])c(N)cc2-c2c3ccc(=O)cc-3oc3cc(O)ccc23)CC1. The van der Waals surface area contributed by atoms with Crippen LogP contribution in [0, 0.1) is 16.0 Å².